The number of nitrogens with zero attached hydrogens (tertiary/aromatic N) is 3. The van der Waals surface area contributed by atoms with Crippen LogP contribution in [0.2, 0.25) is 5.02 Å². The molecule has 5 rings (SSSR count). The third kappa shape index (κ3) is 3.79. The van der Waals surface area contributed by atoms with E-state index in [1.807, 2.05) is 12.1 Å². The molecular formula is C24H27ClN4O2S. The molecule has 1 saturated heterocycles. The van der Waals surface area contributed by atoms with Gasteiger partial charge in [-0.15, -0.1) is 0 Å². The highest BCUT2D eigenvalue weighted by atomic mass is 35.5. The molecule has 2 fully saturated rings. The van der Waals surface area contributed by atoms with Gasteiger partial charge in [-0.25, -0.2) is 4.98 Å². The molecule has 0 amide bonds. The normalized spacial score (nSPS) is 22.2. The molecule has 1 saturated carbocycles. The van der Waals surface area contributed by atoms with Gasteiger partial charge in [0.05, 0.1) is 33.4 Å². The Balaban J connectivity index is 1.45. The van der Waals surface area contributed by atoms with Crippen LogP contribution in [0.1, 0.15) is 54.7 Å². The molecule has 1 aromatic heterocycles. The summed E-state index contributed by atoms with van der Waals surface area (Å²) in [6.45, 7) is 1.64. The summed E-state index contributed by atoms with van der Waals surface area (Å²) in [6, 6.07) is 10.4. The smallest absolute Gasteiger partial charge is 0.149 e. The number of fused-ring (bicyclic) bond motifs is 1. The van der Waals surface area contributed by atoms with Gasteiger partial charge in [0.1, 0.15) is 17.7 Å². The van der Waals surface area contributed by atoms with E-state index in [4.69, 9.17) is 16.6 Å². The standard InChI is InChI=1S/C24H27ClN4O2S/c25-18-4-2-16(3-5-18)17-6-11-29(12-7-17)23-20(14-26)19-8-13-32(31)21(19)22(27-23)28-24(15-30)9-1-10-24/h2-5,17,30H,1,6-13,15H2,(H,27,28)/t32-/m1/s1. The highest BCUT2D eigenvalue weighted by molar-refractivity contribution is 7.85. The fourth-order valence-corrected chi connectivity index (χ4v) is 6.66. The molecule has 2 aliphatic heterocycles. The first-order chi connectivity index (χ1) is 15.5. The number of aliphatic hydroxyl groups is 1. The Morgan fingerprint density at radius 1 is 1.28 bits per heavy atom. The van der Waals surface area contributed by atoms with Crippen LogP contribution in [-0.4, -0.2) is 45.3 Å². The van der Waals surface area contributed by atoms with Gasteiger partial charge in [0.25, 0.3) is 0 Å². The maximum atomic E-state index is 12.8. The average molecular weight is 471 g/mol. The van der Waals surface area contributed by atoms with Crippen molar-refractivity contribution in [2.24, 2.45) is 0 Å². The van der Waals surface area contributed by atoms with Gasteiger partial charge in [-0.1, -0.05) is 23.7 Å². The first-order valence-electron chi connectivity index (χ1n) is 11.3. The molecule has 1 aliphatic carbocycles. The minimum absolute atomic E-state index is 0.0257. The van der Waals surface area contributed by atoms with Crippen molar-refractivity contribution in [1.29, 1.82) is 5.26 Å². The van der Waals surface area contributed by atoms with Gasteiger partial charge in [-0.05, 0) is 67.7 Å². The van der Waals surface area contributed by atoms with Crippen LogP contribution in [0.25, 0.3) is 0 Å². The zero-order valence-electron chi connectivity index (χ0n) is 17.9. The predicted molar refractivity (Wildman–Crippen MR) is 127 cm³/mol. The second-order valence-corrected chi connectivity index (χ2v) is 11.1. The second kappa shape index (κ2) is 8.66. The molecule has 168 valence electrons. The Morgan fingerprint density at radius 2 is 2.00 bits per heavy atom. The van der Waals surface area contributed by atoms with Crippen molar-refractivity contribution in [3.63, 3.8) is 0 Å². The number of pyridine rings is 1. The summed E-state index contributed by atoms with van der Waals surface area (Å²) in [5.41, 5.74) is 2.34. The van der Waals surface area contributed by atoms with Gasteiger partial charge in [0, 0.05) is 23.9 Å². The molecule has 6 nitrogen and oxygen atoms in total. The van der Waals surface area contributed by atoms with Crippen LogP contribution in [0.4, 0.5) is 11.6 Å². The van der Waals surface area contributed by atoms with Crippen LogP contribution in [0.5, 0.6) is 0 Å². The number of anilines is 2. The molecule has 32 heavy (non-hydrogen) atoms. The summed E-state index contributed by atoms with van der Waals surface area (Å²) < 4.78 is 12.8. The van der Waals surface area contributed by atoms with Gasteiger partial charge in [0.15, 0.2) is 0 Å². The van der Waals surface area contributed by atoms with E-state index in [0.29, 0.717) is 40.2 Å². The minimum atomic E-state index is -1.17. The van der Waals surface area contributed by atoms with E-state index in [9.17, 15) is 14.6 Å². The Bertz CT molecular complexity index is 1080. The number of hydrogen-bond acceptors (Lipinski definition) is 6. The van der Waals surface area contributed by atoms with Crippen LogP contribution in [0, 0.1) is 11.3 Å². The zero-order valence-corrected chi connectivity index (χ0v) is 19.5. The monoisotopic (exact) mass is 470 g/mol. The summed E-state index contributed by atoms with van der Waals surface area (Å²) in [5, 5.41) is 24.1. The van der Waals surface area contributed by atoms with Gasteiger partial charge in [-0.3, -0.25) is 4.21 Å². The molecule has 3 heterocycles. The quantitative estimate of drug-likeness (QED) is 0.687. The van der Waals surface area contributed by atoms with E-state index in [-0.39, 0.29) is 12.1 Å². The second-order valence-electron chi connectivity index (χ2n) is 9.11. The lowest BCUT2D eigenvalue weighted by molar-refractivity contribution is 0.143. The first kappa shape index (κ1) is 21.7. The van der Waals surface area contributed by atoms with Crippen molar-refractivity contribution in [1.82, 2.24) is 4.98 Å². The van der Waals surface area contributed by atoms with E-state index in [1.165, 1.54) is 5.56 Å². The van der Waals surface area contributed by atoms with Crippen LogP contribution in [0.15, 0.2) is 29.2 Å². The van der Waals surface area contributed by atoms with Crippen LogP contribution in [0.3, 0.4) is 0 Å². The number of aliphatic hydroxyl groups excluding tert-OH is 1. The molecule has 3 aliphatic rings. The van der Waals surface area contributed by atoms with Crippen molar-refractivity contribution in [3.05, 3.63) is 46.0 Å². The van der Waals surface area contributed by atoms with E-state index >= 15 is 0 Å². The Labute approximate surface area is 196 Å². The largest absolute Gasteiger partial charge is 0.394 e. The van der Waals surface area contributed by atoms with Gasteiger partial charge >= 0.3 is 0 Å². The molecule has 1 aromatic carbocycles. The van der Waals surface area contributed by atoms with Crippen molar-refractivity contribution >= 4 is 34.0 Å². The summed E-state index contributed by atoms with van der Waals surface area (Å²) >= 11 is 6.04. The number of hydrogen-bond donors (Lipinski definition) is 2. The molecule has 8 heteroatoms. The van der Waals surface area contributed by atoms with Crippen LogP contribution in [-0.2, 0) is 17.2 Å². The number of halogens is 1. The van der Waals surface area contributed by atoms with Gasteiger partial charge < -0.3 is 15.3 Å². The zero-order chi connectivity index (χ0) is 22.3. The van der Waals surface area contributed by atoms with Crippen molar-refractivity contribution < 1.29 is 9.32 Å². The van der Waals surface area contributed by atoms with E-state index in [0.717, 1.165) is 55.8 Å². The topological polar surface area (TPSA) is 89.2 Å². The molecule has 2 aromatic rings. The highest BCUT2D eigenvalue weighted by Crippen LogP contribution is 2.42. The molecule has 2 N–H and O–H groups in total. The summed E-state index contributed by atoms with van der Waals surface area (Å²) in [6.07, 6.45) is 5.37. The van der Waals surface area contributed by atoms with Gasteiger partial charge in [-0.2, -0.15) is 5.26 Å². The third-order valence-corrected chi connectivity index (χ3v) is 8.96. The summed E-state index contributed by atoms with van der Waals surface area (Å²) in [7, 11) is -1.17. The lowest BCUT2D eigenvalue weighted by atomic mass is 9.77. The number of benzene rings is 1. The van der Waals surface area contributed by atoms with Crippen molar-refractivity contribution in [3.8, 4) is 6.07 Å². The van der Waals surface area contributed by atoms with Crippen LogP contribution < -0.4 is 10.2 Å². The Morgan fingerprint density at radius 3 is 2.59 bits per heavy atom. The van der Waals surface area contributed by atoms with E-state index < -0.39 is 10.8 Å². The molecule has 1 atom stereocenters. The maximum absolute atomic E-state index is 12.8. The number of nitrogens with one attached hydrogen (secondary N) is 1. The molecule has 0 radical (unpaired) electrons. The highest BCUT2D eigenvalue weighted by Gasteiger charge is 2.39. The third-order valence-electron chi connectivity index (χ3n) is 7.24. The summed E-state index contributed by atoms with van der Waals surface area (Å²) in [4.78, 5) is 7.75. The minimum Gasteiger partial charge on any atom is -0.394 e. The SMILES string of the molecule is N#Cc1c(N2CCC(c3ccc(Cl)cc3)CC2)nc(NC2(CO)CCC2)c2c1CC[S@]2=O. The molecule has 0 spiro atoms. The molecule has 0 unspecified atom stereocenters. The lowest BCUT2D eigenvalue weighted by Gasteiger charge is -2.42. The predicted octanol–water partition coefficient (Wildman–Crippen LogP) is 3.98. The number of rotatable bonds is 5. The van der Waals surface area contributed by atoms with E-state index in [2.05, 4.69) is 28.4 Å². The Kier molecular flexibility index (Phi) is 5.87. The maximum Gasteiger partial charge on any atom is 0.149 e. The molecule has 0 bridgehead atoms. The van der Waals surface area contributed by atoms with Crippen LogP contribution >= 0.6 is 11.6 Å². The molecular weight excluding hydrogens is 444 g/mol. The number of piperidine rings is 1. The van der Waals surface area contributed by atoms with Gasteiger partial charge in [0.2, 0.25) is 0 Å². The number of aromatic nitrogens is 1. The fourth-order valence-electron chi connectivity index (χ4n) is 5.15. The Hall–Kier alpha value is -2.14. The number of nitriles is 1. The van der Waals surface area contributed by atoms with E-state index in [1.54, 1.807) is 0 Å². The average Bonchev–Trinajstić information content (AvgIpc) is 3.18. The van der Waals surface area contributed by atoms with Crippen molar-refractivity contribution in [2.75, 3.05) is 35.7 Å². The lowest BCUT2D eigenvalue weighted by Crippen LogP contribution is -2.48. The summed E-state index contributed by atoms with van der Waals surface area (Å²) in [5.74, 6) is 2.27. The van der Waals surface area contributed by atoms with Crippen molar-refractivity contribution in [2.45, 2.75) is 54.9 Å². The first-order valence-corrected chi connectivity index (χ1v) is 13.0. The fraction of sp³-hybridized carbons (Fsp3) is 0.500.